The van der Waals surface area contributed by atoms with Gasteiger partial charge in [0.05, 0.1) is 6.04 Å². The lowest BCUT2D eigenvalue weighted by Gasteiger charge is -2.40. The van der Waals surface area contributed by atoms with Crippen LogP contribution in [0.25, 0.3) is 0 Å². The summed E-state index contributed by atoms with van der Waals surface area (Å²) in [5, 5.41) is 0. The maximum Gasteiger partial charge on any atom is 0.222 e. The van der Waals surface area contributed by atoms with E-state index in [9.17, 15) is 9.59 Å². The van der Waals surface area contributed by atoms with Crippen molar-refractivity contribution in [1.29, 1.82) is 0 Å². The maximum atomic E-state index is 12.9. The Hall–Kier alpha value is -2.66. The normalized spacial score (nSPS) is 18.2. The number of nitrogens with zero attached hydrogens (tertiary/aromatic N) is 3. The van der Waals surface area contributed by atoms with E-state index in [1.54, 1.807) is 0 Å². The van der Waals surface area contributed by atoms with Crippen molar-refractivity contribution in [2.75, 3.05) is 39.3 Å². The van der Waals surface area contributed by atoms with Crippen LogP contribution >= 0.6 is 0 Å². The van der Waals surface area contributed by atoms with E-state index in [-0.39, 0.29) is 23.8 Å². The fourth-order valence-corrected chi connectivity index (χ4v) is 5.01. The van der Waals surface area contributed by atoms with Gasteiger partial charge < -0.3 is 9.80 Å². The molecule has 0 aliphatic carbocycles. The number of hydrogen-bond acceptors (Lipinski definition) is 3. The zero-order valence-corrected chi connectivity index (χ0v) is 19.2. The van der Waals surface area contributed by atoms with Crippen LogP contribution < -0.4 is 0 Å². The Morgan fingerprint density at radius 1 is 0.688 bits per heavy atom. The molecule has 0 bridgehead atoms. The summed E-state index contributed by atoms with van der Waals surface area (Å²) in [6.45, 7) is 6.96. The molecule has 0 saturated carbocycles. The van der Waals surface area contributed by atoms with Crippen molar-refractivity contribution in [3.05, 3.63) is 71.8 Å². The zero-order chi connectivity index (χ0) is 22.3. The van der Waals surface area contributed by atoms with E-state index < -0.39 is 0 Å². The van der Waals surface area contributed by atoms with E-state index >= 15 is 0 Å². The molecule has 2 heterocycles. The minimum Gasteiger partial charge on any atom is -0.343 e. The Labute approximate surface area is 192 Å². The predicted molar refractivity (Wildman–Crippen MR) is 127 cm³/mol. The molecule has 2 saturated heterocycles. The van der Waals surface area contributed by atoms with E-state index in [0.29, 0.717) is 12.8 Å². The summed E-state index contributed by atoms with van der Waals surface area (Å²) in [7, 11) is 0. The van der Waals surface area contributed by atoms with Crippen LogP contribution in [-0.4, -0.2) is 65.8 Å². The molecule has 2 aromatic rings. The van der Waals surface area contributed by atoms with Gasteiger partial charge in [0, 0.05) is 52.1 Å². The Kier molecular flexibility index (Phi) is 7.59. The summed E-state index contributed by atoms with van der Waals surface area (Å²) >= 11 is 0. The second kappa shape index (κ2) is 10.8. The molecular weight excluding hydrogens is 398 g/mol. The van der Waals surface area contributed by atoms with Gasteiger partial charge in [-0.15, -0.1) is 0 Å². The van der Waals surface area contributed by atoms with E-state index in [4.69, 9.17) is 0 Å². The first-order chi connectivity index (χ1) is 15.6. The second-order valence-electron chi connectivity index (χ2n) is 9.24. The van der Waals surface area contributed by atoms with Crippen LogP contribution in [0.15, 0.2) is 60.7 Å². The number of piperazine rings is 1. The number of carbonyl (C=O) groups excluding carboxylic acids is 2. The molecule has 5 heteroatoms. The average molecular weight is 434 g/mol. The van der Waals surface area contributed by atoms with E-state index in [1.165, 1.54) is 11.1 Å². The van der Waals surface area contributed by atoms with Gasteiger partial charge in [-0.25, -0.2) is 0 Å². The van der Waals surface area contributed by atoms with E-state index in [1.807, 2.05) is 16.7 Å². The summed E-state index contributed by atoms with van der Waals surface area (Å²) < 4.78 is 0. The third-order valence-corrected chi connectivity index (χ3v) is 6.77. The monoisotopic (exact) mass is 433 g/mol. The molecule has 0 spiro atoms. The van der Waals surface area contributed by atoms with Crippen LogP contribution in [0.3, 0.4) is 0 Å². The van der Waals surface area contributed by atoms with Crippen LogP contribution in [0, 0.1) is 5.92 Å². The molecular formula is C27H35N3O2. The fraction of sp³-hybridized carbons (Fsp3) is 0.481. The quantitative estimate of drug-likeness (QED) is 0.664. The van der Waals surface area contributed by atoms with Gasteiger partial charge in [0.15, 0.2) is 0 Å². The average Bonchev–Trinajstić information content (AvgIpc) is 3.36. The van der Waals surface area contributed by atoms with Crippen LogP contribution in [-0.2, 0) is 9.59 Å². The molecule has 1 atom stereocenters. The van der Waals surface area contributed by atoms with Crippen molar-refractivity contribution in [1.82, 2.24) is 14.7 Å². The van der Waals surface area contributed by atoms with Gasteiger partial charge >= 0.3 is 0 Å². The highest BCUT2D eigenvalue weighted by molar-refractivity contribution is 5.79. The first-order valence-electron chi connectivity index (χ1n) is 12.0. The number of rotatable bonds is 7. The van der Waals surface area contributed by atoms with Gasteiger partial charge in [0.2, 0.25) is 11.8 Å². The highest BCUT2D eigenvalue weighted by Gasteiger charge is 2.29. The minimum absolute atomic E-state index is 0.0926. The van der Waals surface area contributed by atoms with Gasteiger partial charge in [-0.2, -0.15) is 0 Å². The van der Waals surface area contributed by atoms with Crippen molar-refractivity contribution >= 4 is 11.8 Å². The number of hydrogen-bond donors (Lipinski definition) is 0. The predicted octanol–water partition coefficient (Wildman–Crippen LogP) is 3.96. The molecule has 32 heavy (non-hydrogen) atoms. The molecule has 0 aromatic heterocycles. The first kappa shape index (κ1) is 22.5. The molecule has 2 fully saturated rings. The summed E-state index contributed by atoms with van der Waals surface area (Å²) in [5.74, 6) is 0.485. The van der Waals surface area contributed by atoms with Gasteiger partial charge in [-0.3, -0.25) is 14.5 Å². The fourth-order valence-electron chi connectivity index (χ4n) is 5.01. The van der Waals surface area contributed by atoms with Crippen LogP contribution in [0.4, 0.5) is 0 Å². The third-order valence-electron chi connectivity index (χ3n) is 6.77. The first-order valence-corrected chi connectivity index (χ1v) is 12.0. The maximum absolute atomic E-state index is 12.9. The molecule has 4 rings (SSSR count). The largest absolute Gasteiger partial charge is 0.343 e. The van der Waals surface area contributed by atoms with Crippen molar-refractivity contribution in [3.8, 4) is 0 Å². The molecule has 0 radical (unpaired) electrons. The molecule has 170 valence electrons. The molecule has 1 unspecified atom stereocenters. The zero-order valence-electron chi connectivity index (χ0n) is 19.2. The molecule has 2 aliphatic rings. The highest BCUT2D eigenvalue weighted by atomic mass is 16.2. The van der Waals surface area contributed by atoms with Gasteiger partial charge in [-0.05, 0) is 29.9 Å². The summed E-state index contributed by atoms with van der Waals surface area (Å²) in [4.78, 5) is 31.7. The smallest absolute Gasteiger partial charge is 0.222 e. The van der Waals surface area contributed by atoms with Crippen molar-refractivity contribution in [3.63, 3.8) is 0 Å². The van der Waals surface area contributed by atoms with E-state index in [2.05, 4.69) is 65.6 Å². The van der Waals surface area contributed by atoms with Crippen molar-refractivity contribution in [2.24, 2.45) is 5.92 Å². The van der Waals surface area contributed by atoms with Crippen LogP contribution in [0.1, 0.15) is 49.8 Å². The van der Waals surface area contributed by atoms with Crippen LogP contribution in [0.5, 0.6) is 0 Å². The molecule has 0 N–H and O–H groups in total. The highest BCUT2D eigenvalue weighted by Crippen LogP contribution is 2.29. The Morgan fingerprint density at radius 2 is 1.12 bits per heavy atom. The lowest BCUT2D eigenvalue weighted by atomic mass is 9.96. The van der Waals surface area contributed by atoms with Crippen molar-refractivity contribution in [2.45, 2.75) is 38.6 Å². The molecule has 2 aliphatic heterocycles. The number of amides is 2. The lowest BCUT2D eigenvalue weighted by Crippen LogP contribution is -2.50. The lowest BCUT2D eigenvalue weighted by molar-refractivity contribution is -0.135. The summed E-state index contributed by atoms with van der Waals surface area (Å²) in [6, 6.07) is 21.4. The molecule has 2 amide bonds. The number of likely N-dealkylation sites (tertiary alicyclic amines) is 1. The second-order valence-corrected chi connectivity index (χ2v) is 9.24. The topological polar surface area (TPSA) is 43.9 Å². The van der Waals surface area contributed by atoms with Gasteiger partial charge in [0.1, 0.15) is 0 Å². The molecule has 5 nitrogen and oxygen atoms in total. The van der Waals surface area contributed by atoms with Gasteiger partial charge in [-0.1, -0.05) is 67.6 Å². The number of benzene rings is 2. The van der Waals surface area contributed by atoms with Crippen molar-refractivity contribution < 1.29 is 9.59 Å². The number of carbonyl (C=O) groups is 2. The molecule has 2 aromatic carbocycles. The third kappa shape index (κ3) is 5.57. The Balaban J connectivity index is 1.33. The van der Waals surface area contributed by atoms with Gasteiger partial charge in [0.25, 0.3) is 0 Å². The standard InChI is InChI=1S/C27H35N3O2/c1-22(20-25(31)28-14-8-9-15-28)21-26(32)29-16-18-30(19-17-29)27(23-10-4-2-5-11-23)24-12-6-3-7-13-24/h2-7,10-13,22,27H,8-9,14-21H2,1H3. The van der Waals surface area contributed by atoms with Crippen LogP contribution in [0.2, 0.25) is 0 Å². The Bertz CT molecular complexity index is 833. The SMILES string of the molecule is CC(CC(=O)N1CCCC1)CC(=O)N1CCN(C(c2ccccc2)c2ccccc2)CC1. The summed E-state index contributed by atoms with van der Waals surface area (Å²) in [6.07, 6.45) is 3.16. The summed E-state index contributed by atoms with van der Waals surface area (Å²) in [5.41, 5.74) is 2.57. The Morgan fingerprint density at radius 3 is 1.59 bits per heavy atom. The van der Waals surface area contributed by atoms with E-state index in [0.717, 1.165) is 52.1 Å². The minimum atomic E-state index is 0.0926.